The van der Waals surface area contributed by atoms with Crippen LogP contribution in [0.1, 0.15) is 22.8 Å². The zero-order valence-electron chi connectivity index (χ0n) is 10.1. The van der Waals surface area contributed by atoms with E-state index in [0.717, 1.165) is 6.42 Å². The lowest BCUT2D eigenvalue weighted by Crippen LogP contribution is -2.34. The number of benzene rings is 1. The van der Waals surface area contributed by atoms with E-state index in [-0.39, 0.29) is 11.9 Å². The van der Waals surface area contributed by atoms with E-state index in [1.54, 1.807) is 17.4 Å². The second kappa shape index (κ2) is 6.07. The van der Waals surface area contributed by atoms with Crippen molar-refractivity contribution in [2.45, 2.75) is 24.3 Å². The number of carbonyl (C=O) groups excluding carboxylic acids is 1. The standard InChI is InChI=1S/C14H15NOS2/c1-10(8-11-6-7-18-9-11)15-14(16)12-4-2-3-5-13(12)17/h2-7,9-10,17H,8H2,1H3,(H,15,16). The Bertz CT molecular complexity index is 522. The molecular formula is C14H15NOS2. The molecule has 0 saturated carbocycles. The number of amides is 1. The highest BCUT2D eigenvalue weighted by Crippen LogP contribution is 2.13. The summed E-state index contributed by atoms with van der Waals surface area (Å²) in [6, 6.07) is 9.52. The minimum atomic E-state index is -0.0664. The fourth-order valence-corrected chi connectivity index (χ4v) is 2.72. The van der Waals surface area contributed by atoms with Gasteiger partial charge >= 0.3 is 0 Å². The van der Waals surface area contributed by atoms with Gasteiger partial charge in [0.25, 0.3) is 5.91 Å². The number of rotatable bonds is 4. The van der Waals surface area contributed by atoms with Crippen LogP contribution in [0.15, 0.2) is 46.0 Å². The lowest BCUT2D eigenvalue weighted by atomic mass is 10.1. The molecule has 0 bridgehead atoms. The molecule has 4 heteroatoms. The maximum Gasteiger partial charge on any atom is 0.252 e. The Balaban J connectivity index is 1.97. The molecule has 18 heavy (non-hydrogen) atoms. The first-order valence-corrected chi connectivity index (χ1v) is 7.16. The van der Waals surface area contributed by atoms with Crippen molar-refractivity contribution >= 4 is 29.9 Å². The lowest BCUT2D eigenvalue weighted by Gasteiger charge is -2.14. The molecular weight excluding hydrogens is 262 g/mol. The average molecular weight is 277 g/mol. The van der Waals surface area contributed by atoms with Gasteiger partial charge in [-0.25, -0.2) is 0 Å². The minimum absolute atomic E-state index is 0.0664. The smallest absolute Gasteiger partial charge is 0.252 e. The van der Waals surface area contributed by atoms with Crippen molar-refractivity contribution in [1.29, 1.82) is 0 Å². The first kappa shape index (κ1) is 13.2. The van der Waals surface area contributed by atoms with E-state index < -0.39 is 0 Å². The molecule has 0 spiro atoms. The van der Waals surface area contributed by atoms with Gasteiger partial charge in [0.15, 0.2) is 0 Å². The van der Waals surface area contributed by atoms with Crippen molar-refractivity contribution < 1.29 is 4.79 Å². The lowest BCUT2D eigenvalue weighted by molar-refractivity contribution is 0.0937. The van der Waals surface area contributed by atoms with Gasteiger partial charge in [0.1, 0.15) is 0 Å². The van der Waals surface area contributed by atoms with Crippen molar-refractivity contribution in [1.82, 2.24) is 5.32 Å². The second-order valence-electron chi connectivity index (χ2n) is 4.23. The Morgan fingerprint density at radius 3 is 2.83 bits per heavy atom. The average Bonchev–Trinajstić information content (AvgIpc) is 2.82. The zero-order valence-corrected chi connectivity index (χ0v) is 11.8. The molecule has 1 unspecified atom stereocenters. The summed E-state index contributed by atoms with van der Waals surface area (Å²) in [5.41, 5.74) is 1.88. The summed E-state index contributed by atoms with van der Waals surface area (Å²) in [7, 11) is 0. The van der Waals surface area contributed by atoms with E-state index in [2.05, 4.69) is 29.4 Å². The number of hydrogen-bond donors (Lipinski definition) is 2. The van der Waals surface area contributed by atoms with E-state index in [0.29, 0.717) is 10.5 Å². The highest BCUT2D eigenvalue weighted by atomic mass is 32.1. The molecule has 1 amide bonds. The normalized spacial score (nSPS) is 12.1. The Labute approximate surface area is 116 Å². The molecule has 0 aliphatic rings. The molecule has 2 nitrogen and oxygen atoms in total. The van der Waals surface area contributed by atoms with Crippen molar-refractivity contribution in [2.75, 3.05) is 0 Å². The van der Waals surface area contributed by atoms with Gasteiger partial charge in [-0.2, -0.15) is 11.3 Å². The van der Waals surface area contributed by atoms with Crippen molar-refractivity contribution in [3.63, 3.8) is 0 Å². The summed E-state index contributed by atoms with van der Waals surface area (Å²) in [6.45, 7) is 2.01. The van der Waals surface area contributed by atoms with Crippen LogP contribution in [0.25, 0.3) is 0 Å². The summed E-state index contributed by atoms with van der Waals surface area (Å²) in [5, 5.41) is 7.15. The first-order valence-electron chi connectivity index (χ1n) is 5.76. The molecule has 1 atom stereocenters. The van der Waals surface area contributed by atoms with E-state index in [4.69, 9.17) is 0 Å². The quantitative estimate of drug-likeness (QED) is 0.824. The molecule has 1 aromatic heterocycles. The number of carbonyl (C=O) groups is 1. The molecule has 0 radical (unpaired) electrons. The predicted molar refractivity (Wildman–Crippen MR) is 78.6 cm³/mol. The molecule has 1 N–H and O–H groups in total. The van der Waals surface area contributed by atoms with Gasteiger partial charge in [-0.15, -0.1) is 12.6 Å². The number of nitrogens with one attached hydrogen (secondary N) is 1. The molecule has 94 valence electrons. The van der Waals surface area contributed by atoms with E-state index in [1.807, 2.05) is 30.5 Å². The summed E-state index contributed by atoms with van der Waals surface area (Å²) in [6.07, 6.45) is 0.851. The fourth-order valence-electron chi connectivity index (χ4n) is 1.78. The zero-order chi connectivity index (χ0) is 13.0. The molecule has 2 aromatic rings. The Kier molecular flexibility index (Phi) is 4.44. The largest absolute Gasteiger partial charge is 0.349 e. The van der Waals surface area contributed by atoms with Crippen molar-refractivity contribution in [3.05, 3.63) is 52.2 Å². The van der Waals surface area contributed by atoms with Crippen LogP contribution in [0, 0.1) is 0 Å². The highest BCUT2D eigenvalue weighted by Gasteiger charge is 2.12. The van der Waals surface area contributed by atoms with Crippen LogP contribution in [0.3, 0.4) is 0 Å². The van der Waals surface area contributed by atoms with Crippen LogP contribution in [-0.4, -0.2) is 11.9 Å². The number of thiophene rings is 1. The van der Waals surface area contributed by atoms with Gasteiger partial charge in [0.2, 0.25) is 0 Å². The Hall–Kier alpha value is -1.26. The summed E-state index contributed by atoms with van der Waals surface area (Å²) < 4.78 is 0. The fraction of sp³-hybridized carbons (Fsp3) is 0.214. The van der Waals surface area contributed by atoms with Crippen molar-refractivity contribution in [3.8, 4) is 0 Å². The molecule has 1 heterocycles. The third kappa shape index (κ3) is 3.37. The summed E-state index contributed by atoms with van der Waals surface area (Å²) >= 11 is 5.96. The van der Waals surface area contributed by atoms with Gasteiger partial charge in [-0.3, -0.25) is 4.79 Å². The van der Waals surface area contributed by atoms with Gasteiger partial charge in [0.05, 0.1) is 5.56 Å². The van der Waals surface area contributed by atoms with E-state index in [1.165, 1.54) is 5.56 Å². The Morgan fingerprint density at radius 2 is 2.17 bits per heavy atom. The molecule has 1 aromatic carbocycles. The number of thiol groups is 1. The molecule has 0 fully saturated rings. The topological polar surface area (TPSA) is 29.1 Å². The van der Waals surface area contributed by atoms with Crippen LogP contribution >= 0.6 is 24.0 Å². The van der Waals surface area contributed by atoms with E-state index >= 15 is 0 Å². The van der Waals surface area contributed by atoms with Crippen molar-refractivity contribution in [2.24, 2.45) is 0 Å². The van der Waals surface area contributed by atoms with Gasteiger partial charge in [-0.1, -0.05) is 12.1 Å². The molecule has 0 aliphatic heterocycles. The molecule has 2 rings (SSSR count). The molecule has 0 aliphatic carbocycles. The summed E-state index contributed by atoms with van der Waals surface area (Å²) in [4.78, 5) is 12.8. The van der Waals surface area contributed by atoms with Gasteiger partial charge < -0.3 is 5.32 Å². The van der Waals surface area contributed by atoms with Crippen LogP contribution in [0.4, 0.5) is 0 Å². The monoisotopic (exact) mass is 277 g/mol. The SMILES string of the molecule is CC(Cc1ccsc1)NC(=O)c1ccccc1S. The highest BCUT2D eigenvalue weighted by molar-refractivity contribution is 7.80. The maximum atomic E-state index is 12.0. The minimum Gasteiger partial charge on any atom is -0.349 e. The predicted octanol–water partition coefficient (Wildman–Crippen LogP) is 3.40. The van der Waals surface area contributed by atoms with Crippen LogP contribution in [0.5, 0.6) is 0 Å². The maximum absolute atomic E-state index is 12.0. The van der Waals surface area contributed by atoms with Gasteiger partial charge in [-0.05, 0) is 47.9 Å². The Morgan fingerprint density at radius 1 is 1.39 bits per heavy atom. The van der Waals surface area contributed by atoms with E-state index in [9.17, 15) is 4.79 Å². The second-order valence-corrected chi connectivity index (χ2v) is 5.49. The first-order chi connectivity index (χ1) is 8.66. The number of hydrogen-bond acceptors (Lipinski definition) is 3. The summed E-state index contributed by atoms with van der Waals surface area (Å²) in [5.74, 6) is -0.0664. The third-order valence-corrected chi connectivity index (χ3v) is 3.77. The van der Waals surface area contributed by atoms with Crippen LogP contribution < -0.4 is 5.32 Å². The molecule has 0 saturated heterocycles. The van der Waals surface area contributed by atoms with Crippen LogP contribution in [0.2, 0.25) is 0 Å². The van der Waals surface area contributed by atoms with Crippen LogP contribution in [-0.2, 0) is 6.42 Å². The third-order valence-electron chi connectivity index (χ3n) is 2.65. The van der Waals surface area contributed by atoms with Gasteiger partial charge in [0, 0.05) is 10.9 Å².